The minimum atomic E-state index is -1.08. The molecule has 0 aromatic rings. The summed E-state index contributed by atoms with van der Waals surface area (Å²) in [6.07, 6.45) is -0.0669. The lowest BCUT2D eigenvalue weighted by Crippen LogP contribution is -2.37. The molecule has 7 nitrogen and oxygen atoms in total. The van der Waals surface area contributed by atoms with Crippen molar-refractivity contribution in [3.63, 3.8) is 0 Å². The number of imide groups is 1. The maximum absolute atomic E-state index is 11.6. The third-order valence-electron chi connectivity index (χ3n) is 2.39. The van der Waals surface area contributed by atoms with E-state index in [0.717, 1.165) is 4.90 Å². The van der Waals surface area contributed by atoms with Crippen LogP contribution in [0.3, 0.4) is 0 Å². The number of ether oxygens (including phenoxy) is 2. The zero-order valence-electron chi connectivity index (χ0n) is 13.2. The van der Waals surface area contributed by atoms with Crippen molar-refractivity contribution < 1.29 is 28.7 Å². The van der Waals surface area contributed by atoms with E-state index in [9.17, 15) is 19.2 Å². The molecule has 7 heteroatoms. The Bertz CT molecular complexity index is 399. The first-order valence-corrected chi connectivity index (χ1v) is 6.77. The van der Waals surface area contributed by atoms with Crippen LogP contribution >= 0.6 is 0 Å². The first-order chi connectivity index (χ1) is 9.61. The molecule has 0 rings (SSSR count). The van der Waals surface area contributed by atoms with Gasteiger partial charge >= 0.3 is 11.9 Å². The predicted molar refractivity (Wildman–Crippen MR) is 73.8 cm³/mol. The molecule has 0 aromatic carbocycles. The van der Waals surface area contributed by atoms with Crippen LogP contribution in [0.2, 0.25) is 0 Å². The summed E-state index contributed by atoms with van der Waals surface area (Å²) in [6, 6.07) is 0. The minimum Gasteiger partial charge on any atom is -0.425 e. The predicted octanol–water partition coefficient (Wildman–Crippen LogP) is 1.25. The normalized spacial score (nSPS) is 12.2. The zero-order valence-corrected chi connectivity index (χ0v) is 13.2. The maximum atomic E-state index is 11.6. The molecule has 0 aliphatic carbocycles. The average Bonchev–Trinajstić information content (AvgIpc) is 2.34. The summed E-state index contributed by atoms with van der Waals surface area (Å²) >= 11 is 0. The Kier molecular flexibility index (Phi) is 7.62. The third-order valence-corrected chi connectivity index (χ3v) is 2.39. The van der Waals surface area contributed by atoms with Gasteiger partial charge in [0.25, 0.3) is 0 Å². The number of rotatable bonds is 7. The van der Waals surface area contributed by atoms with Crippen LogP contribution in [0.1, 0.15) is 47.5 Å². The zero-order chi connectivity index (χ0) is 16.6. The number of carbonyl (C=O) groups excluding carboxylic acids is 4. The molecule has 120 valence electrons. The van der Waals surface area contributed by atoms with Crippen LogP contribution in [0.5, 0.6) is 0 Å². The molecule has 0 aliphatic heterocycles. The fourth-order valence-electron chi connectivity index (χ4n) is 1.25. The lowest BCUT2D eigenvalue weighted by Gasteiger charge is -2.21. The van der Waals surface area contributed by atoms with Gasteiger partial charge in [0.2, 0.25) is 18.6 Å². The summed E-state index contributed by atoms with van der Waals surface area (Å²) < 4.78 is 9.78. The van der Waals surface area contributed by atoms with E-state index < -0.39 is 36.1 Å². The average molecular weight is 301 g/mol. The van der Waals surface area contributed by atoms with Gasteiger partial charge in [-0.15, -0.1) is 0 Å². The van der Waals surface area contributed by atoms with E-state index in [1.165, 1.54) is 6.92 Å². The van der Waals surface area contributed by atoms with Gasteiger partial charge in [0.15, 0.2) is 0 Å². The highest BCUT2D eigenvalue weighted by Gasteiger charge is 2.26. The topological polar surface area (TPSA) is 90.0 Å². The first kappa shape index (κ1) is 19.1. The Morgan fingerprint density at radius 3 is 2.19 bits per heavy atom. The Labute approximate surface area is 124 Å². The van der Waals surface area contributed by atoms with E-state index in [0.29, 0.717) is 6.42 Å². The molecule has 0 saturated heterocycles. The molecule has 1 unspecified atom stereocenters. The summed E-state index contributed by atoms with van der Waals surface area (Å²) in [5.41, 5.74) is -0.716. The standard InChI is InChI=1S/C14H23NO6/c1-6-7-11(17)15(9-16)8-12(18)20-10(2)21-13(19)14(3,4)5/h9-10H,6-8H2,1-5H3. The molecule has 0 N–H and O–H groups in total. The first-order valence-electron chi connectivity index (χ1n) is 6.77. The lowest BCUT2D eigenvalue weighted by atomic mass is 9.97. The molecule has 1 atom stereocenters. The van der Waals surface area contributed by atoms with E-state index in [4.69, 9.17) is 9.47 Å². The molecule has 2 amide bonds. The summed E-state index contributed by atoms with van der Waals surface area (Å²) in [7, 11) is 0. The van der Waals surface area contributed by atoms with Crippen molar-refractivity contribution >= 4 is 24.3 Å². The second-order valence-electron chi connectivity index (χ2n) is 5.59. The molecular formula is C14H23NO6. The van der Waals surface area contributed by atoms with Crippen LogP contribution in [-0.4, -0.2) is 42.0 Å². The Balaban J connectivity index is 4.39. The number of carbonyl (C=O) groups is 4. The second-order valence-corrected chi connectivity index (χ2v) is 5.59. The highest BCUT2D eigenvalue weighted by molar-refractivity contribution is 5.90. The van der Waals surface area contributed by atoms with Crippen LogP contribution < -0.4 is 0 Å². The number of hydrogen-bond donors (Lipinski definition) is 0. The molecule has 0 aromatic heterocycles. The van der Waals surface area contributed by atoms with Gasteiger partial charge in [0.05, 0.1) is 5.41 Å². The summed E-state index contributed by atoms with van der Waals surface area (Å²) in [5, 5.41) is 0. The highest BCUT2D eigenvalue weighted by Crippen LogP contribution is 2.16. The second kappa shape index (κ2) is 8.39. The SMILES string of the molecule is CCCC(=O)N(C=O)CC(=O)OC(C)OC(=O)C(C)(C)C. The molecule has 0 bridgehead atoms. The molecular weight excluding hydrogens is 278 g/mol. The molecule has 0 heterocycles. The monoisotopic (exact) mass is 301 g/mol. The van der Waals surface area contributed by atoms with Crippen LogP contribution in [-0.2, 0) is 28.7 Å². The van der Waals surface area contributed by atoms with Gasteiger partial charge < -0.3 is 9.47 Å². The van der Waals surface area contributed by atoms with Crippen LogP contribution in [0, 0.1) is 5.41 Å². The number of nitrogens with zero attached hydrogens (tertiary/aromatic N) is 1. The fourth-order valence-corrected chi connectivity index (χ4v) is 1.25. The Morgan fingerprint density at radius 2 is 1.76 bits per heavy atom. The highest BCUT2D eigenvalue weighted by atomic mass is 16.7. The van der Waals surface area contributed by atoms with Crippen molar-refractivity contribution in [3.8, 4) is 0 Å². The van der Waals surface area contributed by atoms with Crippen LogP contribution in [0.25, 0.3) is 0 Å². The molecule has 21 heavy (non-hydrogen) atoms. The van der Waals surface area contributed by atoms with Gasteiger partial charge in [-0.25, -0.2) is 0 Å². The van der Waals surface area contributed by atoms with Crippen molar-refractivity contribution in [2.24, 2.45) is 5.41 Å². The van der Waals surface area contributed by atoms with Crippen molar-refractivity contribution in [2.75, 3.05) is 6.54 Å². The quantitative estimate of drug-likeness (QED) is 0.399. The van der Waals surface area contributed by atoms with E-state index in [1.807, 2.05) is 0 Å². The van der Waals surface area contributed by atoms with Crippen LogP contribution in [0.15, 0.2) is 0 Å². The van der Waals surface area contributed by atoms with E-state index in [1.54, 1.807) is 27.7 Å². The minimum absolute atomic E-state index is 0.167. The van der Waals surface area contributed by atoms with E-state index >= 15 is 0 Å². The van der Waals surface area contributed by atoms with Gasteiger partial charge in [-0.3, -0.25) is 24.1 Å². The van der Waals surface area contributed by atoms with E-state index in [2.05, 4.69) is 0 Å². The number of amides is 2. The van der Waals surface area contributed by atoms with Gasteiger partial charge in [-0.05, 0) is 27.2 Å². The van der Waals surface area contributed by atoms with Crippen LogP contribution in [0.4, 0.5) is 0 Å². The summed E-state index contributed by atoms with van der Waals surface area (Å²) in [6.45, 7) is 7.68. The smallest absolute Gasteiger partial charge is 0.329 e. The Morgan fingerprint density at radius 1 is 1.19 bits per heavy atom. The number of hydrogen-bond acceptors (Lipinski definition) is 6. The van der Waals surface area contributed by atoms with Crippen molar-refractivity contribution in [1.82, 2.24) is 4.90 Å². The maximum Gasteiger partial charge on any atom is 0.329 e. The molecule has 0 spiro atoms. The molecule has 0 saturated carbocycles. The summed E-state index contributed by atoms with van der Waals surface area (Å²) in [5.74, 6) is -1.79. The molecule has 0 aliphatic rings. The van der Waals surface area contributed by atoms with Crippen molar-refractivity contribution in [3.05, 3.63) is 0 Å². The van der Waals surface area contributed by atoms with Gasteiger partial charge in [0.1, 0.15) is 6.54 Å². The Hall–Kier alpha value is -1.92. The summed E-state index contributed by atoms with van der Waals surface area (Å²) in [4.78, 5) is 46.2. The number of esters is 2. The lowest BCUT2D eigenvalue weighted by molar-refractivity contribution is -0.191. The van der Waals surface area contributed by atoms with Gasteiger partial charge in [-0.1, -0.05) is 6.92 Å². The molecule has 0 fully saturated rings. The fraction of sp³-hybridized carbons (Fsp3) is 0.714. The van der Waals surface area contributed by atoms with E-state index in [-0.39, 0.29) is 12.8 Å². The van der Waals surface area contributed by atoms with Crippen molar-refractivity contribution in [2.45, 2.75) is 53.8 Å². The van der Waals surface area contributed by atoms with Gasteiger partial charge in [-0.2, -0.15) is 0 Å². The van der Waals surface area contributed by atoms with Gasteiger partial charge in [0, 0.05) is 13.3 Å². The molecule has 0 radical (unpaired) electrons. The largest absolute Gasteiger partial charge is 0.425 e. The van der Waals surface area contributed by atoms with Crippen molar-refractivity contribution in [1.29, 1.82) is 0 Å². The third kappa shape index (κ3) is 7.43.